The average Bonchev–Trinajstić information content (AvgIpc) is 2.68. The number of amides is 1. The Kier molecular flexibility index (Phi) is 5.93. The molecule has 1 aromatic heterocycles. The fourth-order valence-electron chi connectivity index (χ4n) is 3.37. The molecule has 0 bridgehead atoms. The van der Waals surface area contributed by atoms with E-state index in [-0.39, 0.29) is 29.8 Å². The quantitative estimate of drug-likeness (QED) is 0.705. The number of rotatable bonds is 6. The third-order valence-corrected chi connectivity index (χ3v) is 5.00. The summed E-state index contributed by atoms with van der Waals surface area (Å²) in [5.41, 5.74) is 2.89. The van der Waals surface area contributed by atoms with E-state index in [1.54, 1.807) is 10.7 Å². The van der Waals surface area contributed by atoms with Gasteiger partial charge in [0.15, 0.2) is 0 Å². The Labute approximate surface area is 165 Å². The smallest absolute Gasteiger partial charge is 0.242 e. The molecule has 3 rings (SSSR count). The molecule has 0 unspecified atom stereocenters. The van der Waals surface area contributed by atoms with Crippen molar-refractivity contribution in [2.45, 2.75) is 46.2 Å². The first-order chi connectivity index (χ1) is 13.4. The molecular formula is C23H27N3O2. The molecule has 0 aliphatic heterocycles. The number of nitrogens with zero attached hydrogens (tertiary/aromatic N) is 2. The first-order valence-electron chi connectivity index (χ1n) is 9.71. The third-order valence-electron chi connectivity index (χ3n) is 5.00. The zero-order chi connectivity index (χ0) is 20.3. The number of hydrogen-bond acceptors (Lipinski definition) is 3. The number of benzene rings is 2. The summed E-state index contributed by atoms with van der Waals surface area (Å²) in [6, 6.07) is 15.5. The summed E-state index contributed by atoms with van der Waals surface area (Å²) in [6.07, 6.45) is 1.26. The van der Waals surface area contributed by atoms with E-state index >= 15 is 0 Å². The molecule has 5 nitrogen and oxygen atoms in total. The van der Waals surface area contributed by atoms with Crippen molar-refractivity contribution in [2.75, 3.05) is 0 Å². The van der Waals surface area contributed by atoms with E-state index in [2.05, 4.69) is 62.4 Å². The van der Waals surface area contributed by atoms with Crippen LogP contribution in [-0.4, -0.2) is 15.7 Å². The van der Waals surface area contributed by atoms with Crippen molar-refractivity contribution in [3.8, 4) is 0 Å². The van der Waals surface area contributed by atoms with Crippen LogP contribution < -0.4 is 10.7 Å². The number of hydrogen-bond donors (Lipinski definition) is 1. The lowest BCUT2D eigenvalue weighted by Crippen LogP contribution is -2.35. The van der Waals surface area contributed by atoms with Crippen LogP contribution in [0.4, 0.5) is 0 Å². The van der Waals surface area contributed by atoms with Crippen molar-refractivity contribution in [1.29, 1.82) is 0 Å². The Morgan fingerprint density at radius 2 is 1.64 bits per heavy atom. The second-order valence-electron chi connectivity index (χ2n) is 7.79. The van der Waals surface area contributed by atoms with Crippen molar-refractivity contribution < 1.29 is 4.79 Å². The van der Waals surface area contributed by atoms with Crippen molar-refractivity contribution in [1.82, 2.24) is 15.1 Å². The highest BCUT2D eigenvalue weighted by Gasteiger charge is 2.19. The molecule has 0 spiro atoms. The van der Waals surface area contributed by atoms with Gasteiger partial charge in [0, 0.05) is 5.39 Å². The Morgan fingerprint density at radius 3 is 2.29 bits per heavy atom. The first kappa shape index (κ1) is 19.8. The number of carbonyl (C=O) groups is 1. The van der Waals surface area contributed by atoms with Gasteiger partial charge in [-0.3, -0.25) is 14.3 Å². The summed E-state index contributed by atoms with van der Waals surface area (Å²) in [4.78, 5) is 24.7. The lowest BCUT2D eigenvalue weighted by atomic mass is 9.93. The summed E-state index contributed by atoms with van der Waals surface area (Å²) < 4.78 is 1.57. The Morgan fingerprint density at radius 1 is 1.00 bits per heavy atom. The van der Waals surface area contributed by atoms with Crippen molar-refractivity contribution in [3.63, 3.8) is 0 Å². The summed E-state index contributed by atoms with van der Waals surface area (Å²) in [5, 5.41) is 7.84. The van der Waals surface area contributed by atoms with Crippen LogP contribution in [0.3, 0.4) is 0 Å². The van der Waals surface area contributed by atoms with Crippen LogP contribution in [0.2, 0.25) is 0 Å². The highest BCUT2D eigenvalue weighted by atomic mass is 16.2. The van der Waals surface area contributed by atoms with Crippen molar-refractivity contribution in [3.05, 3.63) is 76.1 Å². The van der Waals surface area contributed by atoms with Gasteiger partial charge in [-0.05, 0) is 35.1 Å². The SMILES string of the molecule is CC(C)c1ccc([C@@H](NC(=O)Cn2ncc(=O)c3ccccc32)C(C)C)cc1. The third kappa shape index (κ3) is 4.30. The molecule has 5 heteroatoms. The molecule has 2 aromatic carbocycles. The molecule has 0 saturated carbocycles. The van der Waals surface area contributed by atoms with Crippen molar-refractivity contribution in [2.24, 2.45) is 5.92 Å². The van der Waals surface area contributed by atoms with E-state index in [4.69, 9.17) is 0 Å². The van der Waals surface area contributed by atoms with Crippen LogP contribution in [0.5, 0.6) is 0 Å². The van der Waals surface area contributed by atoms with E-state index in [0.29, 0.717) is 16.8 Å². The molecule has 0 aliphatic rings. The number of aromatic nitrogens is 2. The van der Waals surface area contributed by atoms with E-state index in [1.807, 2.05) is 18.2 Å². The molecule has 1 N–H and O–H groups in total. The molecule has 0 aliphatic carbocycles. The summed E-state index contributed by atoms with van der Waals surface area (Å²) >= 11 is 0. The molecule has 146 valence electrons. The van der Waals surface area contributed by atoms with Crippen LogP contribution in [-0.2, 0) is 11.3 Å². The molecule has 3 aromatic rings. The minimum atomic E-state index is -0.141. The molecule has 0 saturated heterocycles. The summed E-state index contributed by atoms with van der Waals surface area (Å²) in [7, 11) is 0. The largest absolute Gasteiger partial charge is 0.347 e. The maximum absolute atomic E-state index is 12.8. The van der Waals surface area contributed by atoms with Crippen LogP contribution in [0.15, 0.2) is 59.5 Å². The second kappa shape index (κ2) is 8.38. The number of carbonyl (C=O) groups excluding carboxylic acids is 1. The monoisotopic (exact) mass is 377 g/mol. The van der Waals surface area contributed by atoms with Crippen molar-refractivity contribution >= 4 is 16.8 Å². The number of fused-ring (bicyclic) bond motifs is 1. The lowest BCUT2D eigenvalue weighted by molar-refractivity contribution is -0.122. The minimum absolute atomic E-state index is 0.0636. The molecule has 28 heavy (non-hydrogen) atoms. The average molecular weight is 377 g/mol. The van der Waals surface area contributed by atoms with Crippen LogP contribution >= 0.6 is 0 Å². The lowest BCUT2D eigenvalue weighted by Gasteiger charge is -2.24. The van der Waals surface area contributed by atoms with Gasteiger partial charge in [0.2, 0.25) is 11.3 Å². The van der Waals surface area contributed by atoms with Crippen LogP contribution in [0.25, 0.3) is 10.9 Å². The van der Waals surface area contributed by atoms with Gasteiger partial charge in [0.05, 0.1) is 17.8 Å². The molecule has 1 heterocycles. The van der Waals surface area contributed by atoms with Gasteiger partial charge in [-0.2, -0.15) is 5.10 Å². The zero-order valence-corrected chi connectivity index (χ0v) is 16.8. The topological polar surface area (TPSA) is 64.0 Å². The molecule has 0 fully saturated rings. The van der Waals surface area contributed by atoms with Crippen LogP contribution in [0, 0.1) is 5.92 Å². The predicted octanol–water partition coefficient (Wildman–Crippen LogP) is 4.03. The Bertz CT molecular complexity index is 1020. The molecular weight excluding hydrogens is 350 g/mol. The number of para-hydroxylation sites is 1. The standard InChI is InChI=1S/C23H27N3O2/c1-15(2)17-9-11-18(12-10-17)23(16(3)4)25-22(28)14-26-20-8-6-5-7-19(20)21(27)13-24-26/h5-13,15-16,23H,14H2,1-4H3,(H,25,28)/t23-/m0/s1. The van der Waals surface area contributed by atoms with Gasteiger partial charge in [0.1, 0.15) is 6.54 Å². The van der Waals surface area contributed by atoms with E-state index in [0.717, 1.165) is 5.56 Å². The Balaban J connectivity index is 1.80. The maximum Gasteiger partial charge on any atom is 0.242 e. The normalized spacial score (nSPS) is 12.5. The van der Waals surface area contributed by atoms with E-state index in [9.17, 15) is 9.59 Å². The highest BCUT2D eigenvalue weighted by Crippen LogP contribution is 2.24. The van der Waals surface area contributed by atoms with Gasteiger partial charge >= 0.3 is 0 Å². The first-order valence-corrected chi connectivity index (χ1v) is 9.71. The number of nitrogens with one attached hydrogen (secondary N) is 1. The highest BCUT2D eigenvalue weighted by molar-refractivity contribution is 5.81. The fraction of sp³-hybridized carbons (Fsp3) is 0.348. The molecule has 0 radical (unpaired) electrons. The second-order valence-corrected chi connectivity index (χ2v) is 7.79. The molecule has 1 amide bonds. The molecule has 1 atom stereocenters. The van der Waals surface area contributed by atoms with E-state index in [1.165, 1.54) is 11.8 Å². The fourth-order valence-corrected chi connectivity index (χ4v) is 3.37. The summed E-state index contributed by atoms with van der Waals surface area (Å²) in [5.74, 6) is 0.585. The van der Waals surface area contributed by atoms with Gasteiger partial charge < -0.3 is 5.32 Å². The Hall–Kier alpha value is -2.95. The van der Waals surface area contributed by atoms with Gasteiger partial charge in [-0.25, -0.2) is 0 Å². The summed E-state index contributed by atoms with van der Waals surface area (Å²) in [6.45, 7) is 8.58. The minimum Gasteiger partial charge on any atom is -0.347 e. The van der Waals surface area contributed by atoms with Gasteiger partial charge in [-0.15, -0.1) is 0 Å². The van der Waals surface area contributed by atoms with Gasteiger partial charge in [-0.1, -0.05) is 64.1 Å². The zero-order valence-electron chi connectivity index (χ0n) is 16.8. The van der Waals surface area contributed by atoms with Gasteiger partial charge in [0.25, 0.3) is 0 Å². The maximum atomic E-state index is 12.8. The van der Waals surface area contributed by atoms with Crippen LogP contribution in [0.1, 0.15) is 50.8 Å². The predicted molar refractivity (Wildman–Crippen MR) is 112 cm³/mol. The van der Waals surface area contributed by atoms with E-state index < -0.39 is 0 Å².